The van der Waals surface area contributed by atoms with Gasteiger partial charge in [0.15, 0.2) is 0 Å². The van der Waals surface area contributed by atoms with Gasteiger partial charge in [-0.25, -0.2) is 4.39 Å². The molecule has 0 aromatic heterocycles. The molecule has 0 bridgehead atoms. The first-order valence-corrected chi connectivity index (χ1v) is 9.08. The number of nitrogens with zero attached hydrogens (tertiary/aromatic N) is 1. The first-order chi connectivity index (χ1) is 13.0. The number of hydrogen-bond acceptors (Lipinski definition) is 4. The lowest BCUT2D eigenvalue weighted by atomic mass is 10.0. The quantitative estimate of drug-likeness (QED) is 0.466. The van der Waals surface area contributed by atoms with E-state index < -0.39 is 23.7 Å². The lowest BCUT2D eigenvalue weighted by Crippen LogP contribution is -2.52. The van der Waals surface area contributed by atoms with Gasteiger partial charge < -0.3 is 10.0 Å². The molecule has 1 atom stereocenters. The van der Waals surface area contributed by atoms with Crippen LogP contribution in [0.15, 0.2) is 12.1 Å². The van der Waals surface area contributed by atoms with Gasteiger partial charge in [0.05, 0.1) is 0 Å². The summed E-state index contributed by atoms with van der Waals surface area (Å²) in [6, 6.07) is 1.75. The van der Waals surface area contributed by atoms with Gasteiger partial charge in [-0.1, -0.05) is 18.3 Å². The first kappa shape index (κ1) is 19.1. The second-order valence-corrected chi connectivity index (χ2v) is 6.72. The number of halogens is 1. The molecule has 1 saturated heterocycles. The van der Waals surface area contributed by atoms with E-state index in [1.165, 1.54) is 17.0 Å². The second-order valence-electron chi connectivity index (χ2n) is 6.72. The number of benzene rings is 1. The van der Waals surface area contributed by atoms with Crippen LogP contribution in [0.4, 0.5) is 4.39 Å². The molecule has 0 saturated carbocycles. The van der Waals surface area contributed by atoms with E-state index in [-0.39, 0.29) is 37.5 Å². The van der Waals surface area contributed by atoms with Gasteiger partial charge >= 0.3 is 0 Å². The molecule has 1 unspecified atom stereocenters. The third-order valence-corrected chi connectivity index (χ3v) is 4.80. The maximum atomic E-state index is 14.0. The van der Waals surface area contributed by atoms with Gasteiger partial charge in [0.2, 0.25) is 11.8 Å². The topological polar surface area (TPSA) is 86.7 Å². The zero-order valence-corrected chi connectivity index (χ0v) is 14.9. The highest BCUT2D eigenvalue weighted by Gasteiger charge is 2.40. The Morgan fingerprint density at radius 2 is 2.04 bits per heavy atom. The van der Waals surface area contributed by atoms with Gasteiger partial charge in [0.1, 0.15) is 11.9 Å². The van der Waals surface area contributed by atoms with Crippen LogP contribution in [0.1, 0.15) is 60.0 Å². The summed E-state index contributed by atoms with van der Waals surface area (Å²) in [5.74, 6) is 4.13. The van der Waals surface area contributed by atoms with E-state index in [0.717, 1.165) is 19.3 Å². The molecule has 2 aliphatic heterocycles. The van der Waals surface area contributed by atoms with Crippen molar-refractivity contribution in [3.8, 4) is 11.8 Å². The SMILES string of the molecule is O=C1CCC(N2Cc3c(C#CCCCCCO)cc(F)cc3C2=O)C(=O)N1. The maximum Gasteiger partial charge on any atom is 0.255 e. The van der Waals surface area contributed by atoms with Gasteiger partial charge in [-0.05, 0) is 31.4 Å². The van der Waals surface area contributed by atoms with Crippen LogP contribution in [0, 0.1) is 17.7 Å². The van der Waals surface area contributed by atoms with E-state index >= 15 is 0 Å². The van der Waals surface area contributed by atoms with Crippen LogP contribution < -0.4 is 5.32 Å². The summed E-state index contributed by atoms with van der Waals surface area (Å²) in [6.07, 6.45) is 3.49. The van der Waals surface area contributed by atoms with E-state index in [9.17, 15) is 18.8 Å². The third-order valence-electron chi connectivity index (χ3n) is 4.80. The minimum absolute atomic E-state index is 0.156. The number of nitrogens with one attached hydrogen (secondary N) is 1. The van der Waals surface area contributed by atoms with Crippen molar-refractivity contribution in [2.75, 3.05) is 6.61 Å². The number of amides is 3. The second kappa shape index (κ2) is 8.31. The molecule has 6 nitrogen and oxygen atoms in total. The number of fused-ring (bicyclic) bond motifs is 1. The fourth-order valence-corrected chi connectivity index (χ4v) is 3.40. The number of hydrogen-bond donors (Lipinski definition) is 2. The Morgan fingerprint density at radius 1 is 1.22 bits per heavy atom. The van der Waals surface area contributed by atoms with Crippen molar-refractivity contribution < 1.29 is 23.9 Å². The Bertz CT molecular complexity index is 840. The van der Waals surface area contributed by atoms with Crippen molar-refractivity contribution in [1.82, 2.24) is 10.2 Å². The zero-order chi connectivity index (χ0) is 19.4. The molecule has 2 N–H and O–H groups in total. The number of imide groups is 1. The smallest absolute Gasteiger partial charge is 0.255 e. The number of carbonyl (C=O) groups excluding carboxylic acids is 3. The number of rotatable bonds is 5. The van der Waals surface area contributed by atoms with Gasteiger partial charge in [-0.2, -0.15) is 0 Å². The van der Waals surface area contributed by atoms with Crippen LogP contribution >= 0.6 is 0 Å². The van der Waals surface area contributed by atoms with E-state index in [1.807, 2.05) is 0 Å². The summed E-state index contributed by atoms with van der Waals surface area (Å²) in [6.45, 7) is 0.332. The van der Waals surface area contributed by atoms with Crippen molar-refractivity contribution in [1.29, 1.82) is 0 Å². The van der Waals surface area contributed by atoms with Crippen molar-refractivity contribution >= 4 is 17.7 Å². The van der Waals surface area contributed by atoms with E-state index in [0.29, 0.717) is 17.5 Å². The summed E-state index contributed by atoms with van der Waals surface area (Å²) in [7, 11) is 0. The lowest BCUT2D eigenvalue weighted by molar-refractivity contribution is -0.136. The summed E-state index contributed by atoms with van der Waals surface area (Å²) in [4.78, 5) is 37.5. The van der Waals surface area contributed by atoms with Crippen LogP contribution in [-0.2, 0) is 16.1 Å². The fourth-order valence-electron chi connectivity index (χ4n) is 3.40. The summed E-state index contributed by atoms with van der Waals surface area (Å²) in [5, 5.41) is 11.0. The van der Waals surface area contributed by atoms with Gasteiger partial charge in [0, 0.05) is 42.7 Å². The molecule has 2 heterocycles. The normalized spacial score (nSPS) is 18.8. The van der Waals surface area contributed by atoms with Gasteiger partial charge in [-0.3, -0.25) is 19.7 Å². The third kappa shape index (κ3) is 4.17. The predicted octanol–water partition coefficient (Wildman–Crippen LogP) is 1.49. The fraction of sp³-hybridized carbons (Fsp3) is 0.450. The Kier molecular flexibility index (Phi) is 5.87. The molecule has 3 amide bonds. The molecular weight excluding hydrogens is 351 g/mol. The Hall–Kier alpha value is -2.72. The molecule has 1 aromatic carbocycles. The highest BCUT2D eigenvalue weighted by Crippen LogP contribution is 2.30. The highest BCUT2D eigenvalue weighted by molar-refractivity contribution is 6.05. The lowest BCUT2D eigenvalue weighted by Gasteiger charge is -2.29. The molecule has 0 radical (unpaired) electrons. The monoisotopic (exact) mass is 372 g/mol. The first-order valence-electron chi connectivity index (χ1n) is 9.08. The standard InChI is InChI=1S/C20H21FN2O4/c21-14-10-13(6-4-2-1-3-5-9-24)16-12-23(20(27)15(16)11-14)17-7-8-18(25)22-19(17)26/h10-11,17,24H,1-3,5,7-9,12H2,(H,22,25,26). The summed E-state index contributed by atoms with van der Waals surface area (Å²) >= 11 is 0. The van der Waals surface area contributed by atoms with Crippen molar-refractivity contribution in [3.05, 3.63) is 34.6 Å². The number of carbonyl (C=O) groups is 3. The molecule has 1 fully saturated rings. The van der Waals surface area contributed by atoms with Crippen molar-refractivity contribution in [3.63, 3.8) is 0 Å². The van der Waals surface area contributed by atoms with Crippen LogP contribution in [-0.4, -0.2) is 40.4 Å². The maximum absolute atomic E-state index is 14.0. The van der Waals surface area contributed by atoms with E-state index in [2.05, 4.69) is 17.2 Å². The van der Waals surface area contributed by atoms with Crippen LogP contribution in [0.25, 0.3) is 0 Å². The molecule has 27 heavy (non-hydrogen) atoms. The molecule has 2 aliphatic rings. The molecule has 3 rings (SSSR count). The van der Waals surface area contributed by atoms with Crippen molar-refractivity contribution in [2.45, 2.75) is 51.1 Å². The number of aliphatic hydroxyl groups is 1. The van der Waals surface area contributed by atoms with Crippen LogP contribution in [0.3, 0.4) is 0 Å². The molecule has 1 aromatic rings. The molecule has 7 heteroatoms. The Balaban J connectivity index is 1.78. The number of piperidine rings is 1. The largest absolute Gasteiger partial charge is 0.396 e. The van der Waals surface area contributed by atoms with Crippen LogP contribution in [0.5, 0.6) is 0 Å². The molecule has 142 valence electrons. The average Bonchev–Trinajstić information content (AvgIpc) is 2.95. The van der Waals surface area contributed by atoms with Gasteiger partial charge in [0.25, 0.3) is 5.91 Å². The minimum Gasteiger partial charge on any atom is -0.396 e. The Morgan fingerprint density at radius 3 is 2.78 bits per heavy atom. The van der Waals surface area contributed by atoms with Crippen molar-refractivity contribution in [2.24, 2.45) is 0 Å². The zero-order valence-electron chi connectivity index (χ0n) is 14.9. The predicted molar refractivity (Wildman–Crippen MR) is 94.9 cm³/mol. The summed E-state index contributed by atoms with van der Waals surface area (Å²) in [5.41, 5.74) is 1.30. The number of aliphatic hydroxyl groups excluding tert-OH is 1. The Labute approximate surface area is 156 Å². The number of unbranched alkanes of at least 4 members (excludes halogenated alkanes) is 3. The average molecular weight is 372 g/mol. The minimum atomic E-state index is -0.732. The molecule has 0 spiro atoms. The molecular formula is C20H21FN2O4. The summed E-state index contributed by atoms with van der Waals surface area (Å²) < 4.78 is 14.0. The van der Waals surface area contributed by atoms with Crippen LogP contribution in [0.2, 0.25) is 0 Å². The van der Waals surface area contributed by atoms with E-state index in [1.54, 1.807) is 0 Å². The van der Waals surface area contributed by atoms with E-state index in [4.69, 9.17) is 5.11 Å². The molecule has 0 aliphatic carbocycles. The highest BCUT2D eigenvalue weighted by atomic mass is 19.1. The van der Waals surface area contributed by atoms with Gasteiger partial charge in [-0.15, -0.1) is 0 Å².